The van der Waals surface area contributed by atoms with E-state index in [-0.39, 0.29) is 0 Å². The Kier molecular flexibility index (Phi) is 6.45. The Hall–Kier alpha value is -2.06. The van der Waals surface area contributed by atoms with E-state index in [0.717, 1.165) is 0 Å². The van der Waals surface area contributed by atoms with Gasteiger partial charge in [0, 0.05) is 0 Å². The van der Waals surface area contributed by atoms with Gasteiger partial charge in [0.05, 0.1) is 0 Å². The summed E-state index contributed by atoms with van der Waals surface area (Å²) in [6.07, 6.45) is 0. The van der Waals surface area contributed by atoms with Crippen molar-refractivity contribution in [2.24, 2.45) is 11.5 Å². The lowest BCUT2D eigenvalue weighted by atomic mass is 11.1. The van der Waals surface area contributed by atoms with Crippen LogP contribution in [0.4, 0.5) is 0 Å². The van der Waals surface area contributed by atoms with Crippen molar-refractivity contribution in [3.05, 3.63) is 10.1 Å². The second-order valence-electron chi connectivity index (χ2n) is 1.07. The van der Waals surface area contributed by atoms with Crippen LogP contribution in [0.1, 0.15) is 0 Å². The zero-order valence-electron chi connectivity index (χ0n) is 5.27. The molecular weight excluding hydrogens is 158 g/mol. The highest BCUT2D eigenvalue weighted by atomic mass is 16.9. The summed E-state index contributed by atoms with van der Waals surface area (Å²) in [7, 11) is 0. The molecule has 0 aliphatic heterocycles. The van der Waals surface area contributed by atoms with E-state index in [1.54, 1.807) is 0 Å². The topological polar surface area (TPSA) is 172 Å². The minimum absolute atomic E-state index is 0.562. The molecule has 0 aliphatic rings. The molecule has 0 atom stereocenters. The van der Waals surface area contributed by atoms with E-state index >= 15 is 0 Å². The van der Waals surface area contributed by atoms with Gasteiger partial charge in [-0.1, -0.05) is 0 Å². The summed E-state index contributed by atoms with van der Waals surface area (Å²) in [4.78, 5) is 8.36. The van der Waals surface area contributed by atoms with Crippen LogP contribution in [-0.4, -0.2) is 22.3 Å². The highest BCUT2D eigenvalue weighted by molar-refractivity contribution is 5.83. The van der Waals surface area contributed by atoms with Crippen LogP contribution in [0.5, 0.6) is 0 Å². The molecule has 0 bridgehead atoms. The van der Waals surface area contributed by atoms with Gasteiger partial charge in [0.15, 0.2) is 0 Å². The fourth-order valence-electron chi connectivity index (χ4n) is 0.118. The van der Waals surface area contributed by atoms with Crippen molar-refractivity contribution >= 4 is 12.0 Å². The van der Waals surface area contributed by atoms with Gasteiger partial charge in [0.1, 0.15) is 0 Å². The third-order valence-corrected chi connectivity index (χ3v) is 0.220. The van der Waals surface area contributed by atoms with Gasteiger partial charge in [-0.2, -0.15) is 0 Å². The minimum atomic E-state index is -1.50. The molecule has 0 aromatic heterocycles. The number of ether oxygens (including phenoxy) is 1. The Labute approximate surface area is 60.7 Å². The summed E-state index contributed by atoms with van der Waals surface area (Å²) in [5.41, 5.74) is 9.27. The highest BCUT2D eigenvalue weighted by Crippen LogP contribution is 1.62. The standard InChI is InChI=1S/C2H6N4O.HNO3/c3-1(4)7-2(5)6;2-1(3)4/h(H3,3,4)(H3,5,6);(H,2,3,4). The number of nitrogens with two attached hydrogens (primary N) is 2. The van der Waals surface area contributed by atoms with Crippen molar-refractivity contribution < 1.29 is 15.0 Å². The summed E-state index contributed by atoms with van der Waals surface area (Å²) in [5, 5.41) is 26.4. The van der Waals surface area contributed by atoms with Crippen LogP contribution in [0, 0.1) is 20.9 Å². The molecular formula is C2H7N5O4. The Morgan fingerprint density at radius 3 is 1.64 bits per heavy atom. The van der Waals surface area contributed by atoms with Crippen molar-refractivity contribution in [2.75, 3.05) is 0 Å². The second kappa shape index (κ2) is 6.07. The van der Waals surface area contributed by atoms with Gasteiger partial charge in [0.2, 0.25) is 0 Å². The van der Waals surface area contributed by atoms with Crippen molar-refractivity contribution in [1.82, 2.24) is 0 Å². The Bertz CT molecular complexity index is 150. The molecule has 0 heterocycles. The first-order chi connectivity index (χ1) is 4.86. The number of rotatable bonds is 0. The Morgan fingerprint density at radius 1 is 1.45 bits per heavy atom. The molecule has 11 heavy (non-hydrogen) atoms. The monoisotopic (exact) mass is 165 g/mol. The smallest absolute Gasteiger partial charge is 0.291 e. The zero-order chi connectivity index (χ0) is 9.44. The van der Waals surface area contributed by atoms with E-state index in [4.69, 9.17) is 26.1 Å². The summed E-state index contributed by atoms with van der Waals surface area (Å²) in [6, 6.07) is -1.12. The third-order valence-electron chi connectivity index (χ3n) is 0.220. The molecule has 0 aromatic carbocycles. The van der Waals surface area contributed by atoms with E-state index < -0.39 is 17.1 Å². The van der Waals surface area contributed by atoms with Crippen molar-refractivity contribution in [1.29, 1.82) is 10.8 Å². The quantitative estimate of drug-likeness (QED) is 0.125. The second-order valence-corrected chi connectivity index (χ2v) is 1.07. The SMILES string of the molecule is N=C(N)OC(=N)N.O=[N+]([O-])O. The maximum absolute atomic E-state index is 8.36. The van der Waals surface area contributed by atoms with E-state index in [1.165, 1.54) is 0 Å². The summed E-state index contributed by atoms with van der Waals surface area (Å²) < 4.78 is 3.97. The van der Waals surface area contributed by atoms with Crippen molar-refractivity contribution in [3.63, 3.8) is 0 Å². The molecule has 0 aromatic rings. The molecule has 64 valence electrons. The predicted octanol–water partition coefficient (Wildman–Crippen LogP) is -1.56. The van der Waals surface area contributed by atoms with Gasteiger partial charge < -0.3 is 21.4 Å². The maximum atomic E-state index is 8.36. The average molecular weight is 165 g/mol. The molecule has 0 rings (SSSR count). The lowest BCUT2D eigenvalue weighted by Gasteiger charge is -1.94. The highest BCUT2D eigenvalue weighted by Gasteiger charge is 1.86. The molecule has 0 unspecified atom stereocenters. The number of nitrogens with one attached hydrogen (secondary N) is 2. The molecule has 9 heteroatoms. The predicted molar refractivity (Wildman–Crippen MR) is 33.7 cm³/mol. The fourth-order valence-corrected chi connectivity index (χ4v) is 0.118. The van der Waals surface area contributed by atoms with Gasteiger partial charge in [-0.3, -0.25) is 10.8 Å². The van der Waals surface area contributed by atoms with Crippen LogP contribution in [0.2, 0.25) is 0 Å². The average Bonchev–Trinajstić information content (AvgIpc) is 1.56. The normalized spacial score (nSPS) is 6.91. The lowest BCUT2D eigenvalue weighted by molar-refractivity contribution is -0.742. The van der Waals surface area contributed by atoms with Crippen LogP contribution >= 0.6 is 0 Å². The first kappa shape index (κ1) is 11.7. The fraction of sp³-hybridized carbons (Fsp3) is 0. The van der Waals surface area contributed by atoms with Crippen molar-refractivity contribution in [2.45, 2.75) is 0 Å². The molecule has 0 radical (unpaired) electrons. The Morgan fingerprint density at radius 2 is 1.64 bits per heavy atom. The van der Waals surface area contributed by atoms with E-state index in [0.29, 0.717) is 0 Å². The van der Waals surface area contributed by atoms with Gasteiger partial charge >= 0.3 is 0 Å². The maximum Gasteiger partial charge on any atom is 0.291 e. The van der Waals surface area contributed by atoms with Crippen LogP contribution in [0.25, 0.3) is 0 Å². The Balaban J connectivity index is 0. The molecule has 0 fully saturated rings. The van der Waals surface area contributed by atoms with E-state index in [9.17, 15) is 0 Å². The molecule has 0 saturated heterocycles. The van der Waals surface area contributed by atoms with Crippen LogP contribution < -0.4 is 11.5 Å². The molecule has 0 aliphatic carbocycles. The number of hydrogen-bond acceptors (Lipinski definition) is 5. The summed E-state index contributed by atoms with van der Waals surface area (Å²) >= 11 is 0. The third kappa shape index (κ3) is 74.4. The first-order valence-corrected chi connectivity index (χ1v) is 2.05. The molecule has 0 spiro atoms. The zero-order valence-corrected chi connectivity index (χ0v) is 5.27. The van der Waals surface area contributed by atoms with Gasteiger partial charge in [-0.05, 0) is 0 Å². The van der Waals surface area contributed by atoms with Gasteiger partial charge in [0.25, 0.3) is 17.1 Å². The van der Waals surface area contributed by atoms with Gasteiger partial charge in [-0.15, -0.1) is 10.1 Å². The molecule has 9 nitrogen and oxygen atoms in total. The van der Waals surface area contributed by atoms with Gasteiger partial charge in [-0.25, -0.2) is 0 Å². The summed E-state index contributed by atoms with van der Waals surface area (Å²) in [6.45, 7) is 0. The molecule has 0 amide bonds. The number of hydrogen-bond donors (Lipinski definition) is 5. The van der Waals surface area contributed by atoms with Crippen LogP contribution in [0.3, 0.4) is 0 Å². The van der Waals surface area contributed by atoms with Crippen LogP contribution in [-0.2, 0) is 4.74 Å². The largest absolute Gasteiger partial charge is 0.393 e. The number of nitrogens with zero attached hydrogens (tertiary/aromatic N) is 1. The summed E-state index contributed by atoms with van der Waals surface area (Å²) in [5.74, 6) is 0. The lowest BCUT2D eigenvalue weighted by Crippen LogP contribution is -2.24. The van der Waals surface area contributed by atoms with Crippen molar-refractivity contribution in [3.8, 4) is 0 Å². The first-order valence-electron chi connectivity index (χ1n) is 2.05. The molecule has 7 N–H and O–H groups in total. The van der Waals surface area contributed by atoms with Crippen LogP contribution in [0.15, 0.2) is 0 Å². The van der Waals surface area contributed by atoms with E-state index in [2.05, 4.69) is 16.2 Å². The number of amidine groups is 2. The minimum Gasteiger partial charge on any atom is -0.393 e. The van der Waals surface area contributed by atoms with E-state index in [1.807, 2.05) is 0 Å². The molecule has 0 saturated carbocycles.